The average Bonchev–Trinajstić information content (AvgIpc) is 2.45. The van der Waals surface area contributed by atoms with E-state index in [1.165, 1.54) is 6.26 Å². The molecule has 1 aromatic rings. The van der Waals surface area contributed by atoms with Crippen molar-refractivity contribution in [2.75, 3.05) is 19.3 Å². The fraction of sp³-hybridized carbons (Fsp3) is 0.588. The van der Waals surface area contributed by atoms with Crippen LogP contribution < -0.4 is 10.1 Å². The van der Waals surface area contributed by atoms with Crippen LogP contribution in [0.1, 0.15) is 33.6 Å². The normalized spacial score (nSPS) is 16.8. The number of piperidine rings is 1. The average molecular weight is 354 g/mol. The molecule has 0 unspecified atom stereocenters. The van der Waals surface area contributed by atoms with Gasteiger partial charge < -0.3 is 15.0 Å². The summed E-state index contributed by atoms with van der Waals surface area (Å²) in [4.78, 5) is 14.2. The van der Waals surface area contributed by atoms with Crippen molar-refractivity contribution in [3.05, 3.63) is 24.3 Å². The van der Waals surface area contributed by atoms with Crippen molar-refractivity contribution >= 4 is 15.9 Å². The largest absolute Gasteiger partial charge is 0.490 e. The number of likely N-dealkylation sites (tertiary alicyclic amines) is 1. The van der Waals surface area contributed by atoms with Crippen LogP contribution in [0.15, 0.2) is 29.2 Å². The van der Waals surface area contributed by atoms with Gasteiger partial charge in [0.1, 0.15) is 11.9 Å². The molecule has 1 fully saturated rings. The Morgan fingerprint density at radius 3 is 2.42 bits per heavy atom. The molecule has 1 aromatic carbocycles. The van der Waals surface area contributed by atoms with Crippen molar-refractivity contribution in [3.63, 3.8) is 0 Å². The maximum atomic E-state index is 12.1. The Bertz CT molecular complexity index is 687. The number of carbonyl (C=O) groups excluding carboxylic acids is 1. The van der Waals surface area contributed by atoms with Gasteiger partial charge in [0.25, 0.3) is 0 Å². The zero-order valence-electron chi connectivity index (χ0n) is 14.7. The van der Waals surface area contributed by atoms with E-state index in [1.54, 1.807) is 29.2 Å². The predicted octanol–water partition coefficient (Wildman–Crippen LogP) is 2.44. The summed E-state index contributed by atoms with van der Waals surface area (Å²) in [5, 5.41) is 2.96. The fourth-order valence-electron chi connectivity index (χ4n) is 2.55. The van der Waals surface area contributed by atoms with Crippen LogP contribution in [0, 0.1) is 0 Å². The highest BCUT2D eigenvalue weighted by Gasteiger charge is 2.26. The molecule has 0 aliphatic carbocycles. The Hall–Kier alpha value is -1.76. The number of ether oxygens (including phenoxy) is 1. The Morgan fingerprint density at radius 1 is 1.25 bits per heavy atom. The molecule has 2 amide bonds. The first-order chi connectivity index (χ1) is 11.0. The topological polar surface area (TPSA) is 75.7 Å². The van der Waals surface area contributed by atoms with Gasteiger partial charge in [-0.05, 0) is 39.0 Å². The molecular formula is C17H26N2O4S. The fourth-order valence-corrected chi connectivity index (χ4v) is 3.20. The maximum absolute atomic E-state index is 12.1. The van der Waals surface area contributed by atoms with Gasteiger partial charge in [0.05, 0.1) is 4.90 Å². The van der Waals surface area contributed by atoms with Crippen LogP contribution in [0.25, 0.3) is 0 Å². The van der Waals surface area contributed by atoms with Crippen LogP contribution >= 0.6 is 0 Å². The smallest absolute Gasteiger partial charge is 0.317 e. The van der Waals surface area contributed by atoms with Crippen molar-refractivity contribution in [1.29, 1.82) is 0 Å². The summed E-state index contributed by atoms with van der Waals surface area (Å²) in [6, 6.07) is 6.49. The number of carbonyl (C=O) groups is 1. The molecule has 6 nitrogen and oxygen atoms in total. The quantitative estimate of drug-likeness (QED) is 0.904. The van der Waals surface area contributed by atoms with Crippen molar-refractivity contribution in [1.82, 2.24) is 10.2 Å². The Morgan fingerprint density at radius 2 is 1.88 bits per heavy atom. The first-order valence-corrected chi connectivity index (χ1v) is 9.97. The molecule has 0 bridgehead atoms. The third-order valence-electron chi connectivity index (χ3n) is 3.75. The van der Waals surface area contributed by atoms with Crippen LogP contribution in [0.4, 0.5) is 4.79 Å². The minimum absolute atomic E-state index is 0.0153. The van der Waals surface area contributed by atoms with E-state index in [-0.39, 0.29) is 22.6 Å². The third kappa shape index (κ3) is 5.40. The van der Waals surface area contributed by atoms with E-state index in [9.17, 15) is 13.2 Å². The van der Waals surface area contributed by atoms with Crippen molar-refractivity contribution in [2.45, 2.75) is 50.2 Å². The molecule has 1 aliphatic rings. The Kier molecular flexibility index (Phi) is 5.42. The highest BCUT2D eigenvalue weighted by atomic mass is 32.2. The highest BCUT2D eigenvalue weighted by Crippen LogP contribution is 2.22. The molecule has 0 saturated carbocycles. The highest BCUT2D eigenvalue weighted by molar-refractivity contribution is 7.90. The maximum Gasteiger partial charge on any atom is 0.317 e. The second-order valence-corrected chi connectivity index (χ2v) is 9.25. The van der Waals surface area contributed by atoms with Gasteiger partial charge >= 0.3 is 6.03 Å². The molecule has 7 heteroatoms. The minimum atomic E-state index is -3.24. The molecular weight excluding hydrogens is 328 g/mol. The second kappa shape index (κ2) is 7.01. The van der Waals surface area contributed by atoms with E-state index < -0.39 is 9.84 Å². The summed E-state index contributed by atoms with van der Waals surface area (Å²) in [6.07, 6.45) is 2.61. The number of hydrogen-bond acceptors (Lipinski definition) is 4. The number of hydrogen-bond donors (Lipinski definition) is 1. The summed E-state index contributed by atoms with van der Waals surface area (Å²) in [7, 11) is -3.24. The standard InChI is InChI=1S/C17H26N2O4S/c1-17(2,3)18-16(20)19-10-8-13(9-11-19)23-14-6-5-7-15(12-14)24(4,21)22/h5-7,12-13H,8-11H2,1-4H3,(H,18,20). The molecule has 0 atom stereocenters. The summed E-state index contributed by atoms with van der Waals surface area (Å²) in [5.74, 6) is 0.551. The van der Waals surface area contributed by atoms with Crippen LogP contribution in [-0.2, 0) is 9.84 Å². The van der Waals surface area contributed by atoms with Gasteiger partial charge in [-0.3, -0.25) is 0 Å². The first-order valence-electron chi connectivity index (χ1n) is 8.08. The van der Waals surface area contributed by atoms with Crippen molar-refractivity contribution < 1.29 is 17.9 Å². The van der Waals surface area contributed by atoms with Gasteiger partial charge in [-0.1, -0.05) is 6.07 Å². The molecule has 1 N–H and O–H groups in total. The number of sulfone groups is 1. The first kappa shape index (κ1) is 18.6. The number of amides is 2. The number of benzene rings is 1. The van der Waals surface area contributed by atoms with Gasteiger partial charge in [-0.2, -0.15) is 0 Å². The summed E-state index contributed by atoms with van der Waals surface area (Å²) in [6.45, 7) is 7.11. The minimum Gasteiger partial charge on any atom is -0.490 e. The molecule has 1 heterocycles. The molecule has 0 spiro atoms. The van der Waals surface area contributed by atoms with E-state index in [0.29, 0.717) is 18.8 Å². The molecule has 0 radical (unpaired) electrons. The molecule has 2 rings (SSSR count). The zero-order chi connectivity index (χ0) is 18.0. The number of rotatable bonds is 3. The van der Waals surface area contributed by atoms with E-state index >= 15 is 0 Å². The van der Waals surface area contributed by atoms with Crippen molar-refractivity contribution in [3.8, 4) is 5.75 Å². The molecule has 0 aromatic heterocycles. The lowest BCUT2D eigenvalue weighted by molar-refractivity contribution is 0.108. The summed E-state index contributed by atoms with van der Waals surface area (Å²) < 4.78 is 29.1. The lowest BCUT2D eigenvalue weighted by atomic mass is 10.1. The van der Waals surface area contributed by atoms with Crippen LogP contribution in [-0.4, -0.2) is 50.3 Å². The van der Waals surface area contributed by atoms with Gasteiger partial charge in [0, 0.05) is 37.7 Å². The lowest BCUT2D eigenvalue weighted by Crippen LogP contribution is -2.51. The van der Waals surface area contributed by atoms with Gasteiger partial charge in [-0.25, -0.2) is 13.2 Å². The third-order valence-corrected chi connectivity index (χ3v) is 4.86. The van der Waals surface area contributed by atoms with Gasteiger partial charge in [-0.15, -0.1) is 0 Å². The molecule has 1 saturated heterocycles. The van der Waals surface area contributed by atoms with E-state index in [1.807, 2.05) is 20.8 Å². The van der Waals surface area contributed by atoms with Gasteiger partial charge in [0.2, 0.25) is 0 Å². The Balaban J connectivity index is 1.91. The number of nitrogens with zero attached hydrogens (tertiary/aromatic N) is 1. The Labute approximate surface area is 144 Å². The monoisotopic (exact) mass is 354 g/mol. The van der Waals surface area contributed by atoms with Crippen LogP contribution in [0.5, 0.6) is 5.75 Å². The van der Waals surface area contributed by atoms with Crippen LogP contribution in [0.3, 0.4) is 0 Å². The number of nitrogens with one attached hydrogen (secondary N) is 1. The van der Waals surface area contributed by atoms with Crippen LogP contribution in [0.2, 0.25) is 0 Å². The van der Waals surface area contributed by atoms with E-state index in [4.69, 9.17) is 4.74 Å². The summed E-state index contributed by atoms with van der Waals surface area (Å²) in [5.41, 5.74) is -0.253. The second-order valence-electron chi connectivity index (χ2n) is 7.23. The van der Waals surface area contributed by atoms with Crippen molar-refractivity contribution in [2.24, 2.45) is 0 Å². The molecule has 1 aliphatic heterocycles. The SMILES string of the molecule is CC(C)(C)NC(=O)N1CCC(Oc2cccc(S(C)(=O)=O)c2)CC1. The predicted molar refractivity (Wildman–Crippen MR) is 93.1 cm³/mol. The van der Waals surface area contributed by atoms with Gasteiger partial charge in [0.15, 0.2) is 9.84 Å². The molecule has 24 heavy (non-hydrogen) atoms. The number of urea groups is 1. The summed E-state index contributed by atoms with van der Waals surface area (Å²) >= 11 is 0. The zero-order valence-corrected chi connectivity index (χ0v) is 15.5. The van der Waals surface area contributed by atoms with E-state index in [0.717, 1.165) is 12.8 Å². The molecule has 134 valence electrons. The lowest BCUT2D eigenvalue weighted by Gasteiger charge is -2.34. The van der Waals surface area contributed by atoms with E-state index in [2.05, 4.69) is 5.32 Å².